The van der Waals surface area contributed by atoms with Gasteiger partial charge in [0.1, 0.15) is 0 Å². The van der Waals surface area contributed by atoms with Gasteiger partial charge in [-0.15, -0.1) is 5.10 Å². The first kappa shape index (κ1) is 13.7. The topological polar surface area (TPSA) is 108 Å². The molecule has 1 aromatic heterocycles. The molecule has 1 aliphatic rings. The smallest absolute Gasteiger partial charge is 0.344 e. The summed E-state index contributed by atoms with van der Waals surface area (Å²) in [5, 5.41) is 15.2. The first-order chi connectivity index (χ1) is 8.99. The van der Waals surface area contributed by atoms with Gasteiger partial charge in [0.05, 0.1) is 11.8 Å². The van der Waals surface area contributed by atoms with Gasteiger partial charge in [0.2, 0.25) is 5.91 Å². The summed E-state index contributed by atoms with van der Waals surface area (Å²) >= 11 is 0.989. The van der Waals surface area contributed by atoms with Crippen molar-refractivity contribution in [2.24, 2.45) is 0 Å². The number of hydrogen-bond acceptors (Lipinski definition) is 5. The minimum atomic E-state index is -0.970. The highest BCUT2D eigenvalue weighted by Crippen LogP contribution is 2.24. The van der Waals surface area contributed by atoms with Crippen LogP contribution in [0.4, 0.5) is 0 Å². The zero-order valence-corrected chi connectivity index (χ0v) is 11.1. The Morgan fingerprint density at radius 2 is 2.32 bits per heavy atom. The summed E-state index contributed by atoms with van der Waals surface area (Å²) in [5.41, 5.74) is -0.374. The van der Waals surface area contributed by atoms with Crippen LogP contribution in [0.15, 0.2) is 9.95 Å². The number of aromatic nitrogens is 3. The second kappa shape index (κ2) is 5.47. The molecule has 1 aliphatic heterocycles. The number of likely N-dealkylation sites (N-methyl/N-ethyl adjacent to an activating group) is 1. The fourth-order valence-corrected chi connectivity index (χ4v) is 2.78. The largest absolute Gasteiger partial charge is 0.481 e. The van der Waals surface area contributed by atoms with Gasteiger partial charge in [-0.25, -0.2) is 9.89 Å². The second-order valence-corrected chi connectivity index (χ2v) is 5.27. The molecule has 0 aliphatic carbocycles. The van der Waals surface area contributed by atoms with Crippen LogP contribution < -0.4 is 5.69 Å². The Hall–Kier alpha value is -1.77. The number of H-pyrrole nitrogens is 1. The third kappa shape index (κ3) is 2.98. The molecule has 0 aromatic carbocycles. The highest BCUT2D eigenvalue weighted by molar-refractivity contribution is 7.99. The van der Waals surface area contributed by atoms with Crippen LogP contribution in [0, 0.1) is 0 Å². The Balaban J connectivity index is 2.19. The molecule has 1 atom stereocenters. The summed E-state index contributed by atoms with van der Waals surface area (Å²) in [6.07, 6.45) is 0.936. The maximum atomic E-state index is 11.8. The van der Waals surface area contributed by atoms with Crippen molar-refractivity contribution in [1.29, 1.82) is 0 Å². The summed E-state index contributed by atoms with van der Waals surface area (Å²) in [6, 6.07) is -0.162. The van der Waals surface area contributed by atoms with Crippen LogP contribution in [0.2, 0.25) is 0 Å². The molecule has 0 bridgehead atoms. The van der Waals surface area contributed by atoms with Crippen molar-refractivity contribution in [3.63, 3.8) is 0 Å². The molecule has 0 saturated carbocycles. The number of nitrogens with one attached hydrogen (secondary N) is 1. The van der Waals surface area contributed by atoms with E-state index in [9.17, 15) is 14.4 Å². The third-order valence-electron chi connectivity index (χ3n) is 2.96. The van der Waals surface area contributed by atoms with Gasteiger partial charge in [0.15, 0.2) is 5.16 Å². The number of piperidine rings is 1. The van der Waals surface area contributed by atoms with Gasteiger partial charge >= 0.3 is 11.7 Å². The van der Waals surface area contributed by atoms with E-state index in [1.54, 1.807) is 11.9 Å². The summed E-state index contributed by atoms with van der Waals surface area (Å²) in [4.78, 5) is 35.3. The monoisotopic (exact) mass is 286 g/mol. The van der Waals surface area contributed by atoms with E-state index in [0.717, 1.165) is 11.8 Å². The van der Waals surface area contributed by atoms with Crippen LogP contribution in [0.3, 0.4) is 0 Å². The molecule has 19 heavy (non-hydrogen) atoms. The molecule has 2 heterocycles. The summed E-state index contributed by atoms with van der Waals surface area (Å²) < 4.78 is 1.44. The highest BCUT2D eigenvalue weighted by Gasteiger charge is 2.27. The molecule has 0 spiro atoms. The first-order valence-corrected chi connectivity index (χ1v) is 6.73. The Morgan fingerprint density at radius 3 is 2.95 bits per heavy atom. The number of hydrogen-bond donors (Lipinski definition) is 2. The van der Waals surface area contributed by atoms with Crippen LogP contribution in [0.5, 0.6) is 0 Å². The minimum absolute atomic E-state index is 0.0486. The van der Waals surface area contributed by atoms with E-state index in [2.05, 4.69) is 10.2 Å². The molecule has 0 radical (unpaired) electrons. The Morgan fingerprint density at radius 1 is 1.58 bits per heavy atom. The number of carbonyl (C=O) groups excluding carboxylic acids is 1. The molecule has 1 unspecified atom stereocenters. The van der Waals surface area contributed by atoms with Gasteiger partial charge in [-0.1, -0.05) is 11.8 Å². The van der Waals surface area contributed by atoms with Crippen LogP contribution in [-0.2, 0) is 9.59 Å². The SMILES string of the molecule is CN1CC(n2c(SCC(=O)O)n[nH]c2=O)CCC1=O. The maximum absolute atomic E-state index is 11.8. The number of rotatable bonds is 4. The number of carboxylic acid groups (broad SMARTS) is 1. The number of amides is 1. The number of aliphatic carboxylic acids is 1. The molecule has 1 saturated heterocycles. The van der Waals surface area contributed by atoms with Gasteiger partial charge in [0.25, 0.3) is 0 Å². The van der Waals surface area contributed by atoms with Crippen molar-refractivity contribution in [2.75, 3.05) is 19.3 Å². The number of carboxylic acids is 1. The number of nitrogens with zero attached hydrogens (tertiary/aromatic N) is 3. The molecule has 104 valence electrons. The summed E-state index contributed by atoms with van der Waals surface area (Å²) in [6.45, 7) is 0.429. The number of thioether (sulfide) groups is 1. The van der Waals surface area contributed by atoms with Gasteiger partial charge < -0.3 is 10.0 Å². The predicted molar refractivity (Wildman–Crippen MR) is 67.1 cm³/mol. The van der Waals surface area contributed by atoms with Gasteiger partial charge in [-0.2, -0.15) is 0 Å². The van der Waals surface area contributed by atoms with E-state index in [1.165, 1.54) is 4.57 Å². The van der Waals surface area contributed by atoms with Crippen LogP contribution in [0.25, 0.3) is 0 Å². The first-order valence-electron chi connectivity index (χ1n) is 5.74. The van der Waals surface area contributed by atoms with Gasteiger partial charge in [0, 0.05) is 20.0 Å². The zero-order chi connectivity index (χ0) is 14.0. The van der Waals surface area contributed by atoms with Crippen molar-refractivity contribution in [2.45, 2.75) is 24.0 Å². The van der Waals surface area contributed by atoms with Crippen molar-refractivity contribution in [3.8, 4) is 0 Å². The lowest BCUT2D eigenvalue weighted by Gasteiger charge is -2.30. The highest BCUT2D eigenvalue weighted by atomic mass is 32.2. The van der Waals surface area contributed by atoms with Crippen LogP contribution >= 0.6 is 11.8 Å². The Kier molecular flexibility index (Phi) is 3.93. The van der Waals surface area contributed by atoms with E-state index in [4.69, 9.17) is 5.11 Å². The molecule has 2 N–H and O–H groups in total. The zero-order valence-electron chi connectivity index (χ0n) is 10.3. The second-order valence-electron chi connectivity index (χ2n) is 4.33. The standard InChI is InChI=1S/C10H14N4O4S/c1-13-4-6(2-3-7(13)15)14-9(18)11-12-10(14)19-5-8(16)17/h6H,2-5H2,1H3,(H,11,18)(H,16,17). The molecule has 8 nitrogen and oxygen atoms in total. The molecular formula is C10H14N4O4S. The predicted octanol–water partition coefficient (Wildman–Crippen LogP) is -0.459. The number of carbonyl (C=O) groups is 2. The number of aromatic amines is 1. The van der Waals surface area contributed by atoms with E-state index in [-0.39, 0.29) is 23.4 Å². The van der Waals surface area contributed by atoms with Crippen LogP contribution in [0.1, 0.15) is 18.9 Å². The van der Waals surface area contributed by atoms with Gasteiger partial charge in [-0.3, -0.25) is 14.2 Å². The summed E-state index contributed by atoms with van der Waals surface area (Å²) in [7, 11) is 1.68. The van der Waals surface area contributed by atoms with Gasteiger partial charge in [-0.05, 0) is 6.42 Å². The maximum Gasteiger partial charge on any atom is 0.344 e. The molecule has 1 aromatic rings. The van der Waals surface area contributed by atoms with Crippen molar-refractivity contribution >= 4 is 23.6 Å². The average molecular weight is 286 g/mol. The van der Waals surface area contributed by atoms with Crippen molar-refractivity contribution < 1.29 is 14.7 Å². The third-order valence-corrected chi connectivity index (χ3v) is 3.90. The van der Waals surface area contributed by atoms with E-state index in [0.29, 0.717) is 24.5 Å². The van der Waals surface area contributed by atoms with E-state index in [1.807, 2.05) is 0 Å². The van der Waals surface area contributed by atoms with E-state index < -0.39 is 5.97 Å². The van der Waals surface area contributed by atoms with E-state index >= 15 is 0 Å². The molecule has 9 heteroatoms. The summed E-state index contributed by atoms with van der Waals surface area (Å²) in [5.74, 6) is -1.08. The molecular weight excluding hydrogens is 272 g/mol. The minimum Gasteiger partial charge on any atom is -0.481 e. The normalized spacial score (nSPS) is 19.7. The van der Waals surface area contributed by atoms with Crippen molar-refractivity contribution in [3.05, 3.63) is 10.5 Å². The number of likely N-dealkylation sites (tertiary alicyclic amines) is 1. The lowest BCUT2D eigenvalue weighted by molar-refractivity contribution is -0.134. The van der Waals surface area contributed by atoms with Crippen LogP contribution in [-0.4, -0.2) is 56.0 Å². The fraction of sp³-hybridized carbons (Fsp3) is 0.600. The Labute approximate surface area is 112 Å². The average Bonchev–Trinajstić information content (AvgIpc) is 2.71. The lowest BCUT2D eigenvalue weighted by Crippen LogP contribution is -2.40. The Bertz CT molecular complexity index is 552. The van der Waals surface area contributed by atoms with Crippen molar-refractivity contribution in [1.82, 2.24) is 19.7 Å². The molecule has 1 fully saturated rings. The quantitative estimate of drug-likeness (QED) is 0.725. The molecule has 1 amide bonds. The molecule has 2 rings (SSSR count). The lowest BCUT2D eigenvalue weighted by atomic mass is 10.1. The fourth-order valence-electron chi connectivity index (χ4n) is 2.04.